The summed E-state index contributed by atoms with van der Waals surface area (Å²) in [6.07, 6.45) is 1.32. The van der Waals surface area contributed by atoms with E-state index >= 15 is 0 Å². The highest BCUT2D eigenvalue weighted by atomic mass is 19.1. The average Bonchev–Trinajstić information content (AvgIpc) is 2.99. The zero-order chi connectivity index (χ0) is 21.1. The van der Waals surface area contributed by atoms with E-state index in [0.29, 0.717) is 26.0 Å². The van der Waals surface area contributed by atoms with E-state index in [9.17, 15) is 9.18 Å². The molecule has 0 spiro atoms. The summed E-state index contributed by atoms with van der Waals surface area (Å²) in [6.45, 7) is 10.3. The number of benzene rings is 1. The monoisotopic (exact) mass is 407 g/mol. The molecule has 4 atom stereocenters. The van der Waals surface area contributed by atoms with Crippen molar-refractivity contribution in [2.45, 2.75) is 69.9 Å². The smallest absolute Gasteiger partial charge is 0.252 e. The summed E-state index contributed by atoms with van der Waals surface area (Å²) in [7, 11) is 0. The maximum Gasteiger partial charge on any atom is 0.252 e. The highest BCUT2D eigenvalue weighted by molar-refractivity contribution is 5.85. The minimum absolute atomic E-state index is 0.174. The summed E-state index contributed by atoms with van der Waals surface area (Å²) in [4.78, 5) is 13.1. The van der Waals surface area contributed by atoms with Gasteiger partial charge in [-0.15, -0.1) is 6.58 Å². The fourth-order valence-corrected chi connectivity index (χ4v) is 4.02. The molecule has 29 heavy (non-hydrogen) atoms. The van der Waals surface area contributed by atoms with Crippen molar-refractivity contribution in [2.75, 3.05) is 13.2 Å². The Bertz CT molecular complexity index is 722. The van der Waals surface area contributed by atoms with Gasteiger partial charge in [0, 0.05) is 19.4 Å². The minimum Gasteiger partial charge on any atom is -0.371 e. The van der Waals surface area contributed by atoms with E-state index in [1.54, 1.807) is 18.2 Å². The second-order valence-electron chi connectivity index (χ2n) is 7.98. The van der Waals surface area contributed by atoms with Crippen LogP contribution < -0.4 is 5.32 Å². The van der Waals surface area contributed by atoms with Crippen LogP contribution in [0, 0.1) is 5.82 Å². The van der Waals surface area contributed by atoms with Crippen LogP contribution in [0.5, 0.6) is 0 Å². The molecule has 1 aromatic carbocycles. The number of carbonyl (C=O) groups is 1. The molecule has 1 saturated heterocycles. The lowest BCUT2D eigenvalue weighted by Crippen LogP contribution is -2.60. The fraction of sp³-hybridized carbons (Fsp3) is 0.591. The Morgan fingerprint density at radius 3 is 2.69 bits per heavy atom. The standard InChI is InChI=1S/C22H30FNO5/c1-5-11-26-17-12-22(20(25)24-6-2,13-18-19(17)29-21(3,4)28-18)27-14-15-7-9-16(23)10-8-15/h5,7-10,17-19H,1,6,11-14H2,2-4H3,(H,24,25)/t17?,18-,19+,22-/m1/s1. The van der Waals surface area contributed by atoms with Crippen LogP contribution in [0.1, 0.15) is 39.2 Å². The van der Waals surface area contributed by atoms with Gasteiger partial charge in [-0.3, -0.25) is 4.79 Å². The summed E-state index contributed by atoms with van der Waals surface area (Å²) in [5.41, 5.74) is -0.356. The Hall–Kier alpha value is -1.80. The van der Waals surface area contributed by atoms with Gasteiger partial charge in [-0.2, -0.15) is 0 Å². The van der Waals surface area contributed by atoms with Crippen LogP contribution in [0.15, 0.2) is 36.9 Å². The van der Waals surface area contributed by atoms with E-state index in [4.69, 9.17) is 18.9 Å². The van der Waals surface area contributed by atoms with E-state index in [0.717, 1.165) is 5.56 Å². The maximum atomic E-state index is 13.2. The molecule has 1 aromatic rings. The van der Waals surface area contributed by atoms with Crippen LogP contribution in [-0.2, 0) is 30.3 Å². The van der Waals surface area contributed by atoms with Crippen molar-refractivity contribution in [1.29, 1.82) is 0 Å². The largest absolute Gasteiger partial charge is 0.371 e. The zero-order valence-electron chi connectivity index (χ0n) is 17.3. The van der Waals surface area contributed by atoms with Gasteiger partial charge in [-0.25, -0.2) is 4.39 Å². The van der Waals surface area contributed by atoms with Crippen molar-refractivity contribution in [2.24, 2.45) is 0 Å². The molecule has 1 amide bonds. The van der Waals surface area contributed by atoms with Crippen molar-refractivity contribution in [3.05, 3.63) is 48.3 Å². The number of rotatable bonds is 8. The molecular weight excluding hydrogens is 377 g/mol. The molecule has 1 unspecified atom stereocenters. The van der Waals surface area contributed by atoms with Crippen LogP contribution >= 0.6 is 0 Å². The van der Waals surface area contributed by atoms with E-state index in [-0.39, 0.29) is 36.6 Å². The SMILES string of the molecule is C=CCOC1C[C@](OCc2ccc(F)cc2)(C(=O)NCC)C[C@H]2OC(C)(C)O[C@@H]12. The van der Waals surface area contributed by atoms with Gasteiger partial charge in [0.2, 0.25) is 0 Å². The van der Waals surface area contributed by atoms with E-state index in [1.165, 1.54) is 12.1 Å². The van der Waals surface area contributed by atoms with Gasteiger partial charge in [0.05, 0.1) is 25.4 Å². The third-order valence-corrected chi connectivity index (χ3v) is 5.26. The molecule has 0 bridgehead atoms. The summed E-state index contributed by atoms with van der Waals surface area (Å²) in [5.74, 6) is -1.29. The average molecular weight is 407 g/mol. The Kier molecular flexibility index (Phi) is 6.73. The highest BCUT2D eigenvalue weighted by Crippen LogP contribution is 2.44. The molecule has 1 saturated carbocycles. The number of amides is 1. The lowest BCUT2D eigenvalue weighted by atomic mass is 9.78. The Morgan fingerprint density at radius 1 is 1.31 bits per heavy atom. The third-order valence-electron chi connectivity index (χ3n) is 5.26. The van der Waals surface area contributed by atoms with Gasteiger partial charge in [-0.1, -0.05) is 18.2 Å². The van der Waals surface area contributed by atoms with Crippen LogP contribution in [-0.4, -0.2) is 48.8 Å². The number of ether oxygens (including phenoxy) is 4. The molecular formula is C22H30FNO5. The lowest BCUT2D eigenvalue weighted by molar-refractivity contribution is -0.180. The number of hydrogen-bond acceptors (Lipinski definition) is 5. The van der Waals surface area contributed by atoms with Gasteiger partial charge >= 0.3 is 0 Å². The van der Waals surface area contributed by atoms with Crippen LogP contribution in [0.2, 0.25) is 0 Å². The second-order valence-corrected chi connectivity index (χ2v) is 7.98. The molecule has 160 valence electrons. The maximum absolute atomic E-state index is 13.2. The predicted molar refractivity (Wildman–Crippen MR) is 106 cm³/mol. The summed E-state index contributed by atoms with van der Waals surface area (Å²) in [5, 5.41) is 2.88. The number of carbonyl (C=O) groups excluding carboxylic acids is 1. The van der Waals surface area contributed by atoms with Crippen molar-refractivity contribution >= 4 is 5.91 Å². The molecule has 0 radical (unpaired) electrons. The number of halogens is 1. The molecule has 1 aliphatic carbocycles. The third kappa shape index (κ3) is 5.04. The minimum atomic E-state index is -1.14. The lowest BCUT2D eigenvalue weighted by Gasteiger charge is -2.43. The molecule has 2 aliphatic rings. The number of likely N-dealkylation sites (N-methyl/N-ethyl adjacent to an activating group) is 1. The topological polar surface area (TPSA) is 66.0 Å². The molecule has 0 aromatic heterocycles. The normalized spacial score (nSPS) is 30.6. The fourth-order valence-electron chi connectivity index (χ4n) is 4.02. The van der Waals surface area contributed by atoms with Crippen molar-refractivity contribution in [1.82, 2.24) is 5.32 Å². The van der Waals surface area contributed by atoms with Crippen molar-refractivity contribution < 1.29 is 28.1 Å². The molecule has 1 aliphatic heterocycles. The molecule has 1 heterocycles. The zero-order valence-corrected chi connectivity index (χ0v) is 17.3. The number of nitrogens with one attached hydrogen (secondary N) is 1. The van der Waals surface area contributed by atoms with Gasteiger partial charge < -0.3 is 24.3 Å². The first-order chi connectivity index (χ1) is 13.8. The molecule has 2 fully saturated rings. The van der Waals surface area contributed by atoms with Crippen LogP contribution in [0.4, 0.5) is 4.39 Å². The quantitative estimate of drug-likeness (QED) is 0.671. The van der Waals surface area contributed by atoms with E-state index in [2.05, 4.69) is 11.9 Å². The molecule has 7 heteroatoms. The first-order valence-corrected chi connectivity index (χ1v) is 10.0. The molecule has 6 nitrogen and oxygen atoms in total. The Balaban J connectivity index is 1.85. The molecule has 1 N–H and O–H groups in total. The van der Waals surface area contributed by atoms with E-state index < -0.39 is 11.4 Å². The second kappa shape index (κ2) is 8.92. The van der Waals surface area contributed by atoms with Gasteiger partial charge in [0.1, 0.15) is 11.9 Å². The van der Waals surface area contributed by atoms with Crippen molar-refractivity contribution in [3.8, 4) is 0 Å². The first kappa shape index (κ1) is 21.9. The van der Waals surface area contributed by atoms with Gasteiger partial charge in [0.15, 0.2) is 11.4 Å². The van der Waals surface area contributed by atoms with E-state index in [1.807, 2.05) is 20.8 Å². The van der Waals surface area contributed by atoms with Gasteiger partial charge in [0.25, 0.3) is 5.91 Å². The Labute approximate surface area is 171 Å². The van der Waals surface area contributed by atoms with Gasteiger partial charge in [-0.05, 0) is 38.5 Å². The summed E-state index contributed by atoms with van der Waals surface area (Å²) in [6, 6.07) is 6.05. The predicted octanol–water partition coefficient (Wildman–Crippen LogP) is 3.10. The van der Waals surface area contributed by atoms with Crippen LogP contribution in [0.25, 0.3) is 0 Å². The highest BCUT2D eigenvalue weighted by Gasteiger charge is 2.57. The van der Waals surface area contributed by atoms with Crippen molar-refractivity contribution in [3.63, 3.8) is 0 Å². The van der Waals surface area contributed by atoms with Crippen LogP contribution in [0.3, 0.4) is 0 Å². The number of fused-ring (bicyclic) bond motifs is 1. The summed E-state index contributed by atoms with van der Waals surface area (Å²) < 4.78 is 37.5. The first-order valence-electron chi connectivity index (χ1n) is 10.0. The molecule has 3 rings (SSSR count). The summed E-state index contributed by atoms with van der Waals surface area (Å²) >= 11 is 0. The number of hydrogen-bond donors (Lipinski definition) is 1. The Morgan fingerprint density at radius 2 is 2.03 bits per heavy atom.